The third-order valence-electron chi connectivity index (χ3n) is 3.55. The summed E-state index contributed by atoms with van der Waals surface area (Å²) in [4.78, 5) is 0. The Labute approximate surface area is 88.6 Å². The van der Waals surface area contributed by atoms with Crippen LogP contribution in [0.3, 0.4) is 0 Å². The zero-order valence-electron chi connectivity index (χ0n) is 9.60. The first-order valence-electron chi connectivity index (χ1n) is 6.34. The molecule has 0 bridgehead atoms. The van der Waals surface area contributed by atoms with Gasteiger partial charge in [0.05, 0.1) is 0 Å². The summed E-state index contributed by atoms with van der Waals surface area (Å²) in [6, 6.07) is 0.612. The molecular weight excluding hydrogens is 172 g/mol. The van der Waals surface area contributed by atoms with E-state index in [9.17, 15) is 0 Å². The lowest BCUT2D eigenvalue weighted by molar-refractivity contribution is 0.370. The molecule has 2 nitrogen and oxygen atoms in total. The van der Waals surface area contributed by atoms with Crippen molar-refractivity contribution in [3.05, 3.63) is 0 Å². The van der Waals surface area contributed by atoms with Gasteiger partial charge in [0, 0.05) is 6.04 Å². The van der Waals surface area contributed by atoms with Crippen molar-refractivity contribution in [3.8, 4) is 0 Å². The van der Waals surface area contributed by atoms with Crippen LogP contribution in [0.2, 0.25) is 0 Å². The van der Waals surface area contributed by atoms with E-state index in [2.05, 4.69) is 12.3 Å². The molecule has 0 radical (unpaired) electrons. The summed E-state index contributed by atoms with van der Waals surface area (Å²) in [5.74, 6) is 6.39. The third kappa shape index (κ3) is 3.97. The highest BCUT2D eigenvalue weighted by molar-refractivity contribution is 4.81. The standard InChI is InChI=1S/C12H26N2/c1-2-3-4-5-6-8-11-9-7-10-12(11)14-13/h11-12,14H,2-10,13H2,1H3/t11-,12-/m0/s1. The van der Waals surface area contributed by atoms with Gasteiger partial charge < -0.3 is 0 Å². The Hall–Kier alpha value is -0.0800. The zero-order valence-corrected chi connectivity index (χ0v) is 9.60. The lowest BCUT2D eigenvalue weighted by Crippen LogP contribution is -2.37. The molecule has 0 heterocycles. The summed E-state index contributed by atoms with van der Waals surface area (Å²) in [6.45, 7) is 2.27. The first-order valence-corrected chi connectivity index (χ1v) is 6.34. The van der Waals surface area contributed by atoms with Crippen molar-refractivity contribution in [2.75, 3.05) is 0 Å². The summed E-state index contributed by atoms with van der Waals surface area (Å²) >= 11 is 0. The van der Waals surface area contributed by atoms with Crippen molar-refractivity contribution < 1.29 is 0 Å². The van der Waals surface area contributed by atoms with E-state index < -0.39 is 0 Å². The highest BCUT2D eigenvalue weighted by atomic mass is 15.2. The molecular formula is C12H26N2. The molecule has 1 aliphatic rings. The van der Waals surface area contributed by atoms with Crippen molar-refractivity contribution in [3.63, 3.8) is 0 Å². The van der Waals surface area contributed by atoms with Gasteiger partial charge in [-0.3, -0.25) is 11.3 Å². The lowest BCUT2D eigenvalue weighted by Gasteiger charge is -2.18. The second-order valence-electron chi connectivity index (χ2n) is 4.67. The molecule has 0 aliphatic heterocycles. The molecule has 0 saturated heterocycles. The Bertz CT molecular complexity index is 136. The maximum Gasteiger partial charge on any atom is 0.0238 e. The Kier molecular flexibility index (Phi) is 6.20. The van der Waals surface area contributed by atoms with E-state index in [0.29, 0.717) is 6.04 Å². The van der Waals surface area contributed by atoms with E-state index in [1.165, 1.54) is 57.8 Å². The predicted molar refractivity (Wildman–Crippen MR) is 61.8 cm³/mol. The minimum absolute atomic E-state index is 0.612. The van der Waals surface area contributed by atoms with E-state index in [-0.39, 0.29) is 0 Å². The second kappa shape index (κ2) is 7.24. The van der Waals surface area contributed by atoms with Crippen molar-refractivity contribution >= 4 is 0 Å². The molecule has 0 spiro atoms. The maximum atomic E-state index is 5.53. The number of hydrogen-bond acceptors (Lipinski definition) is 2. The predicted octanol–water partition coefficient (Wildman–Crippen LogP) is 2.98. The van der Waals surface area contributed by atoms with Crippen molar-refractivity contribution in [2.45, 2.75) is 70.8 Å². The van der Waals surface area contributed by atoms with Gasteiger partial charge >= 0.3 is 0 Å². The molecule has 0 aromatic heterocycles. The molecule has 1 saturated carbocycles. The van der Waals surface area contributed by atoms with Crippen LogP contribution < -0.4 is 11.3 Å². The third-order valence-corrected chi connectivity index (χ3v) is 3.55. The molecule has 1 aliphatic carbocycles. The van der Waals surface area contributed by atoms with Crippen LogP contribution in [0.1, 0.15) is 64.7 Å². The van der Waals surface area contributed by atoms with Gasteiger partial charge in [0.25, 0.3) is 0 Å². The number of unbranched alkanes of at least 4 members (excludes halogenated alkanes) is 4. The smallest absolute Gasteiger partial charge is 0.0238 e. The monoisotopic (exact) mass is 198 g/mol. The van der Waals surface area contributed by atoms with Crippen LogP contribution in [-0.4, -0.2) is 6.04 Å². The van der Waals surface area contributed by atoms with Gasteiger partial charge in [0.15, 0.2) is 0 Å². The van der Waals surface area contributed by atoms with Crippen LogP contribution in [0.25, 0.3) is 0 Å². The largest absolute Gasteiger partial charge is 0.271 e. The van der Waals surface area contributed by atoms with Gasteiger partial charge in [-0.1, -0.05) is 45.4 Å². The Morgan fingerprint density at radius 2 is 1.93 bits per heavy atom. The normalized spacial score (nSPS) is 27.0. The van der Waals surface area contributed by atoms with Crippen LogP contribution in [0.15, 0.2) is 0 Å². The number of rotatable bonds is 7. The van der Waals surface area contributed by atoms with Gasteiger partial charge in [-0.25, -0.2) is 0 Å². The lowest BCUT2D eigenvalue weighted by atomic mass is 9.96. The molecule has 2 atom stereocenters. The fraction of sp³-hybridized carbons (Fsp3) is 1.00. The topological polar surface area (TPSA) is 38.0 Å². The Morgan fingerprint density at radius 1 is 1.14 bits per heavy atom. The SMILES string of the molecule is CCCCCCC[C@H]1CCC[C@@H]1NN. The summed E-state index contributed by atoms with van der Waals surface area (Å²) in [7, 11) is 0. The van der Waals surface area contributed by atoms with Gasteiger partial charge in [0.1, 0.15) is 0 Å². The van der Waals surface area contributed by atoms with E-state index >= 15 is 0 Å². The van der Waals surface area contributed by atoms with Gasteiger partial charge in [-0.05, 0) is 25.2 Å². The van der Waals surface area contributed by atoms with Crippen molar-refractivity contribution in [1.82, 2.24) is 5.43 Å². The van der Waals surface area contributed by atoms with Crippen LogP contribution in [0, 0.1) is 5.92 Å². The molecule has 0 amide bonds. The van der Waals surface area contributed by atoms with E-state index in [4.69, 9.17) is 5.84 Å². The minimum Gasteiger partial charge on any atom is -0.271 e. The maximum absolute atomic E-state index is 5.53. The Morgan fingerprint density at radius 3 is 2.64 bits per heavy atom. The highest BCUT2D eigenvalue weighted by Crippen LogP contribution is 2.29. The average molecular weight is 198 g/mol. The number of nitrogens with one attached hydrogen (secondary N) is 1. The molecule has 0 unspecified atom stereocenters. The molecule has 0 aromatic rings. The van der Waals surface area contributed by atoms with Gasteiger partial charge in [-0.2, -0.15) is 0 Å². The minimum atomic E-state index is 0.612. The first kappa shape index (κ1) is 12.0. The average Bonchev–Trinajstić information content (AvgIpc) is 2.65. The molecule has 1 fully saturated rings. The Balaban J connectivity index is 2.00. The fourth-order valence-electron chi connectivity index (χ4n) is 2.61. The summed E-state index contributed by atoms with van der Waals surface area (Å²) in [5, 5.41) is 0. The van der Waals surface area contributed by atoms with Crippen molar-refractivity contribution in [2.24, 2.45) is 11.8 Å². The highest BCUT2D eigenvalue weighted by Gasteiger charge is 2.25. The fourth-order valence-corrected chi connectivity index (χ4v) is 2.61. The van der Waals surface area contributed by atoms with E-state index in [1.54, 1.807) is 0 Å². The van der Waals surface area contributed by atoms with Gasteiger partial charge in [0.2, 0.25) is 0 Å². The summed E-state index contributed by atoms with van der Waals surface area (Å²) in [6.07, 6.45) is 12.4. The van der Waals surface area contributed by atoms with Crippen molar-refractivity contribution in [1.29, 1.82) is 0 Å². The second-order valence-corrected chi connectivity index (χ2v) is 4.67. The van der Waals surface area contributed by atoms with E-state index in [1.807, 2.05) is 0 Å². The van der Waals surface area contributed by atoms with Gasteiger partial charge in [-0.15, -0.1) is 0 Å². The number of hydrogen-bond donors (Lipinski definition) is 2. The molecule has 0 aromatic carbocycles. The summed E-state index contributed by atoms with van der Waals surface area (Å²) < 4.78 is 0. The number of nitrogens with two attached hydrogens (primary N) is 1. The zero-order chi connectivity index (χ0) is 10.2. The summed E-state index contributed by atoms with van der Waals surface area (Å²) in [5.41, 5.74) is 2.97. The molecule has 84 valence electrons. The number of hydrazine groups is 1. The van der Waals surface area contributed by atoms with Crippen LogP contribution in [0.4, 0.5) is 0 Å². The van der Waals surface area contributed by atoms with E-state index in [0.717, 1.165) is 5.92 Å². The molecule has 1 rings (SSSR count). The molecule has 3 N–H and O–H groups in total. The van der Waals surface area contributed by atoms with Crippen LogP contribution in [0.5, 0.6) is 0 Å². The molecule has 14 heavy (non-hydrogen) atoms. The molecule has 2 heteroatoms. The quantitative estimate of drug-likeness (QED) is 0.375. The van der Waals surface area contributed by atoms with Crippen LogP contribution >= 0.6 is 0 Å². The first-order chi connectivity index (χ1) is 6.88. The van der Waals surface area contributed by atoms with Crippen LogP contribution in [-0.2, 0) is 0 Å².